The number of nitrogen functional groups attached to an aromatic ring is 1. The monoisotopic (exact) mass is 165 g/mol. The maximum atomic E-state index is 5.43. The molecule has 0 saturated heterocycles. The molecule has 1 aromatic heterocycles. The van der Waals surface area contributed by atoms with Crippen LogP contribution in [0.3, 0.4) is 0 Å². The maximum Gasteiger partial charge on any atom is 0.222 e. The first kappa shape index (κ1) is 6.58. The van der Waals surface area contributed by atoms with Crippen LogP contribution in [0.1, 0.15) is 0 Å². The number of halogens is 2. The molecule has 0 amide bonds. The molecule has 0 radical (unpaired) electrons. The van der Waals surface area contributed by atoms with E-state index in [1.165, 1.54) is 6.07 Å². The van der Waals surface area contributed by atoms with Crippen LogP contribution in [-0.4, -0.2) is 9.97 Å². The molecule has 0 aliphatic carbocycles. The highest BCUT2D eigenvalue weighted by Gasteiger charge is 1.94. The van der Waals surface area contributed by atoms with E-state index >= 15 is 0 Å². The highest BCUT2D eigenvalue weighted by molar-refractivity contribution is 6.33. The van der Waals surface area contributed by atoms with Crippen molar-refractivity contribution in [1.82, 2.24) is 9.97 Å². The van der Waals surface area contributed by atoms with E-state index in [1.54, 1.807) is 0 Å². The van der Waals surface area contributed by atoms with E-state index in [9.17, 15) is 0 Å². The molecule has 0 spiro atoms. The lowest BCUT2D eigenvalue weighted by Gasteiger charge is -1.91. The Balaban J connectivity index is 3.17. The second-order valence-corrected chi connectivity index (χ2v) is 2.15. The number of nitrogens with zero attached hydrogens (tertiary/aromatic N) is 2. The molecule has 3 nitrogen and oxygen atoms in total. The smallest absolute Gasteiger partial charge is 0.222 e. The van der Waals surface area contributed by atoms with Crippen molar-refractivity contribution >= 4 is 29.2 Å². The molecule has 1 rings (SSSR count). The second kappa shape index (κ2) is 2.37. The van der Waals surface area contributed by atoms with Gasteiger partial charge in [-0.1, -0.05) is 23.2 Å². The zero-order chi connectivity index (χ0) is 6.85. The van der Waals surface area contributed by atoms with Gasteiger partial charge in [-0.15, -0.1) is 0 Å². The summed E-state index contributed by atoms with van der Waals surface area (Å²) in [5, 5.41) is 0.514. The van der Waals surface area contributed by atoms with Gasteiger partial charge >= 0.3 is 0 Å². The van der Waals surface area contributed by atoms with Gasteiger partial charge in [0.25, 0.3) is 0 Å². The number of hydrogen-bond donors (Lipinski definition) is 1. The largest absolute Gasteiger partial charge is 0.368 e. The third-order valence-electron chi connectivity index (χ3n) is 0.681. The van der Waals surface area contributed by atoms with Crippen LogP contribution in [0.4, 0.5) is 5.95 Å². The number of rotatable bonds is 0. The SMILES string of the molecule is Nc1n[13c](Cl)c[13c](Cl)n1. The second-order valence-electron chi connectivity index (χ2n) is 1.37. The summed E-state index contributed by atoms with van der Waals surface area (Å²) < 4.78 is 0. The van der Waals surface area contributed by atoms with E-state index in [4.69, 9.17) is 28.9 Å². The molecule has 0 aliphatic heterocycles. The Hall–Kier alpha value is -0.540. The highest BCUT2D eigenvalue weighted by Crippen LogP contribution is 2.11. The summed E-state index contributed by atoms with van der Waals surface area (Å²) >= 11 is 10.9. The molecule has 48 valence electrons. The van der Waals surface area contributed by atoms with Gasteiger partial charge in [0, 0.05) is 6.07 Å². The molecule has 1 aromatic rings. The number of nitrogens with two attached hydrogens (primary N) is 1. The van der Waals surface area contributed by atoms with Crippen LogP contribution in [0.2, 0.25) is 10.3 Å². The van der Waals surface area contributed by atoms with Gasteiger partial charge in [0.15, 0.2) is 0 Å². The fourth-order valence-corrected chi connectivity index (χ4v) is 0.842. The first-order valence-corrected chi connectivity index (χ1v) is 2.89. The third kappa shape index (κ3) is 1.69. The molecule has 1 heterocycles. The Labute approximate surface area is 61.8 Å². The van der Waals surface area contributed by atoms with Gasteiger partial charge in [0.05, 0.1) is 0 Å². The lowest BCUT2D eigenvalue weighted by Crippen LogP contribution is -1.93. The van der Waals surface area contributed by atoms with E-state index in [-0.39, 0.29) is 16.3 Å². The summed E-state index contributed by atoms with van der Waals surface area (Å²) in [6.45, 7) is 0. The van der Waals surface area contributed by atoms with Gasteiger partial charge in [-0.25, -0.2) is 9.97 Å². The number of hydrogen-bond acceptors (Lipinski definition) is 3. The normalized spacial score (nSPS) is 9.56. The number of aromatic nitrogens is 2. The zero-order valence-electron chi connectivity index (χ0n) is 4.31. The van der Waals surface area contributed by atoms with Crippen molar-refractivity contribution in [2.75, 3.05) is 5.73 Å². The zero-order valence-corrected chi connectivity index (χ0v) is 5.82. The molecular weight excluding hydrogens is 163 g/mol. The topological polar surface area (TPSA) is 51.8 Å². The molecule has 0 atom stereocenters. The molecule has 2 N–H and O–H groups in total. The lowest BCUT2D eigenvalue weighted by atomic mass is 11.0. The summed E-state index contributed by atoms with van der Waals surface area (Å²) in [4.78, 5) is 7.16. The van der Waals surface area contributed by atoms with Crippen molar-refractivity contribution in [3.8, 4) is 0 Å². The van der Waals surface area contributed by atoms with Crippen LogP contribution in [0.5, 0.6) is 0 Å². The number of anilines is 1. The summed E-state index contributed by atoms with van der Waals surface area (Å²) in [6, 6.07) is 1.42. The van der Waals surface area contributed by atoms with E-state index in [0.717, 1.165) is 0 Å². The molecule has 0 unspecified atom stereocenters. The first-order valence-electron chi connectivity index (χ1n) is 2.14. The molecular formula is C4H3Cl2N3. The molecule has 0 saturated carbocycles. The van der Waals surface area contributed by atoms with Crippen molar-refractivity contribution in [3.63, 3.8) is 0 Å². The quantitative estimate of drug-likeness (QED) is 0.592. The molecule has 5 heteroatoms. The summed E-state index contributed by atoms with van der Waals surface area (Å²) in [5.41, 5.74) is 5.17. The van der Waals surface area contributed by atoms with Gasteiger partial charge in [0.1, 0.15) is 10.3 Å². The minimum Gasteiger partial charge on any atom is -0.368 e. The van der Waals surface area contributed by atoms with Crippen molar-refractivity contribution in [3.05, 3.63) is 16.4 Å². The van der Waals surface area contributed by atoms with Crippen LogP contribution in [0.25, 0.3) is 0 Å². The van der Waals surface area contributed by atoms with Gasteiger partial charge in [-0.3, -0.25) is 0 Å². The summed E-state index contributed by atoms with van der Waals surface area (Å²) in [7, 11) is 0. The lowest BCUT2D eigenvalue weighted by molar-refractivity contribution is 1.19. The Morgan fingerprint density at radius 3 is 2.00 bits per heavy atom. The van der Waals surface area contributed by atoms with Gasteiger partial charge in [0.2, 0.25) is 5.95 Å². The minimum absolute atomic E-state index is 0.0903. The summed E-state index contributed by atoms with van der Waals surface area (Å²) in [5.74, 6) is 0.0903. The van der Waals surface area contributed by atoms with Crippen molar-refractivity contribution < 1.29 is 0 Å². The van der Waals surface area contributed by atoms with E-state index in [2.05, 4.69) is 9.97 Å². The Morgan fingerprint density at radius 1 is 1.22 bits per heavy atom. The van der Waals surface area contributed by atoms with Gasteiger partial charge in [-0.2, -0.15) is 0 Å². The summed E-state index contributed by atoms with van der Waals surface area (Å²) in [6.07, 6.45) is 0. The highest BCUT2D eigenvalue weighted by atomic mass is 35.5. The minimum atomic E-state index is 0.0903. The van der Waals surface area contributed by atoms with Gasteiger partial charge < -0.3 is 5.73 Å². The Bertz CT molecular complexity index is 175. The van der Waals surface area contributed by atoms with Crippen molar-refractivity contribution in [1.29, 1.82) is 0 Å². The molecule has 0 bridgehead atoms. The fourth-order valence-electron chi connectivity index (χ4n) is 0.407. The van der Waals surface area contributed by atoms with Crippen LogP contribution >= 0.6 is 23.2 Å². The standard InChI is InChI=1S/C4H3Cl2N3/c5-2-1-3(6)9-4(7)8-2/h1H,(H2,7,8,9)/i2+1,3+1. The predicted octanol–water partition coefficient (Wildman–Crippen LogP) is 1.37. The Kier molecular flexibility index (Phi) is 1.73. The van der Waals surface area contributed by atoms with E-state index in [0.29, 0.717) is 0 Å². The maximum absolute atomic E-state index is 5.43. The van der Waals surface area contributed by atoms with Crippen molar-refractivity contribution in [2.45, 2.75) is 0 Å². The van der Waals surface area contributed by atoms with E-state index in [1.807, 2.05) is 0 Å². The van der Waals surface area contributed by atoms with E-state index < -0.39 is 0 Å². The average molecular weight is 166 g/mol. The fraction of sp³-hybridized carbons (Fsp3) is 0. The molecule has 9 heavy (non-hydrogen) atoms. The van der Waals surface area contributed by atoms with Crippen LogP contribution in [0, 0.1) is 0 Å². The Morgan fingerprint density at radius 2 is 1.67 bits per heavy atom. The van der Waals surface area contributed by atoms with Crippen LogP contribution in [0.15, 0.2) is 6.07 Å². The predicted molar refractivity (Wildman–Crippen MR) is 36.5 cm³/mol. The van der Waals surface area contributed by atoms with Crippen LogP contribution in [-0.2, 0) is 0 Å². The molecule has 0 aliphatic rings. The third-order valence-corrected chi connectivity index (χ3v) is 1.07. The van der Waals surface area contributed by atoms with Gasteiger partial charge in [-0.05, 0) is 0 Å². The molecule has 0 fully saturated rings. The first-order chi connectivity index (χ1) is 4.18. The average Bonchev–Trinajstić information content (AvgIpc) is 1.59. The van der Waals surface area contributed by atoms with Crippen LogP contribution < -0.4 is 5.73 Å². The van der Waals surface area contributed by atoms with Crippen molar-refractivity contribution in [2.24, 2.45) is 0 Å². The molecule has 0 aromatic carbocycles.